The number of halogens is 1. The van der Waals surface area contributed by atoms with E-state index in [1.807, 2.05) is 0 Å². The van der Waals surface area contributed by atoms with Gasteiger partial charge in [-0.05, 0) is 36.8 Å². The number of likely N-dealkylation sites (N-methyl/N-ethyl adjacent to an activating group) is 1. The summed E-state index contributed by atoms with van der Waals surface area (Å²) in [4.78, 5) is 35.9. The zero-order chi connectivity index (χ0) is 20.7. The first-order valence-electron chi connectivity index (χ1n) is 8.38. The molecule has 0 aliphatic heterocycles. The molecule has 0 unspecified atom stereocenters. The highest BCUT2D eigenvalue weighted by atomic mass is 19.1. The molecule has 0 atom stereocenters. The fraction of sp³-hybridized carbons (Fsp3) is 0.263. The van der Waals surface area contributed by atoms with Crippen LogP contribution in [0.4, 0.5) is 10.1 Å². The molecule has 2 aromatic rings. The molecule has 2 rings (SSSR count). The minimum Gasteiger partial charge on any atom is -0.487 e. The number of ether oxygens (including phenoxy) is 2. The van der Waals surface area contributed by atoms with Crippen LogP contribution in [0.25, 0.3) is 0 Å². The summed E-state index contributed by atoms with van der Waals surface area (Å²) in [7, 11) is 1.49. The fourth-order valence-electron chi connectivity index (χ4n) is 2.38. The first kappa shape index (κ1) is 20.8. The van der Waals surface area contributed by atoms with Gasteiger partial charge in [0.05, 0.1) is 17.1 Å². The van der Waals surface area contributed by atoms with Gasteiger partial charge in [-0.15, -0.1) is 0 Å². The molecule has 0 saturated heterocycles. The normalized spacial score (nSPS) is 10.2. The van der Waals surface area contributed by atoms with Gasteiger partial charge in [-0.1, -0.05) is 12.1 Å². The van der Waals surface area contributed by atoms with E-state index in [0.717, 1.165) is 6.07 Å². The van der Waals surface area contributed by atoms with E-state index in [0.29, 0.717) is 5.56 Å². The number of amides is 1. The van der Waals surface area contributed by atoms with Crippen LogP contribution < -0.4 is 4.74 Å². The van der Waals surface area contributed by atoms with Gasteiger partial charge in [-0.3, -0.25) is 14.9 Å². The predicted molar refractivity (Wildman–Crippen MR) is 97.4 cm³/mol. The third-order valence-corrected chi connectivity index (χ3v) is 3.75. The van der Waals surface area contributed by atoms with Gasteiger partial charge < -0.3 is 14.4 Å². The van der Waals surface area contributed by atoms with Gasteiger partial charge in [0.15, 0.2) is 12.4 Å². The quantitative estimate of drug-likeness (QED) is 0.390. The lowest BCUT2D eigenvalue weighted by Gasteiger charge is -2.17. The Hall–Kier alpha value is -3.49. The zero-order valence-electron chi connectivity index (χ0n) is 15.4. The van der Waals surface area contributed by atoms with Crippen molar-refractivity contribution in [2.24, 2.45) is 0 Å². The average molecular weight is 390 g/mol. The molecule has 0 aliphatic rings. The second kappa shape index (κ2) is 9.45. The highest BCUT2D eigenvalue weighted by molar-refractivity contribution is 5.92. The second-order valence-electron chi connectivity index (χ2n) is 5.83. The van der Waals surface area contributed by atoms with E-state index in [2.05, 4.69) is 0 Å². The van der Waals surface area contributed by atoms with Crippen LogP contribution >= 0.6 is 0 Å². The molecule has 0 heterocycles. The highest BCUT2D eigenvalue weighted by Gasteiger charge is 2.20. The minimum atomic E-state index is -0.876. The molecule has 0 radical (unpaired) electrons. The van der Waals surface area contributed by atoms with Gasteiger partial charge in [-0.2, -0.15) is 0 Å². The number of hydrogen-bond donors (Lipinski definition) is 0. The Morgan fingerprint density at radius 2 is 1.96 bits per heavy atom. The molecule has 0 saturated carbocycles. The van der Waals surface area contributed by atoms with Crippen molar-refractivity contribution in [3.05, 3.63) is 69.5 Å². The van der Waals surface area contributed by atoms with Crippen LogP contribution in [0.2, 0.25) is 0 Å². The SMILES string of the molecule is CCOc1ccc(C(=O)OCC(=O)N(C)Cc2cccc(F)c2)cc1[N+](=O)[O-]. The van der Waals surface area contributed by atoms with Gasteiger partial charge in [-0.25, -0.2) is 9.18 Å². The number of nitro groups is 1. The molecule has 0 N–H and O–H groups in total. The smallest absolute Gasteiger partial charge is 0.338 e. The number of esters is 1. The van der Waals surface area contributed by atoms with Crippen molar-refractivity contribution in [1.29, 1.82) is 0 Å². The van der Waals surface area contributed by atoms with Crippen LogP contribution in [0.15, 0.2) is 42.5 Å². The molecule has 9 heteroatoms. The molecule has 0 aromatic heterocycles. The van der Waals surface area contributed by atoms with E-state index in [-0.39, 0.29) is 30.2 Å². The third-order valence-electron chi connectivity index (χ3n) is 3.75. The second-order valence-corrected chi connectivity index (χ2v) is 5.83. The van der Waals surface area contributed by atoms with E-state index < -0.39 is 29.2 Å². The molecular weight excluding hydrogens is 371 g/mol. The summed E-state index contributed by atoms with van der Waals surface area (Å²) in [6, 6.07) is 9.45. The Morgan fingerprint density at radius 1 is 1.21 bits per heavy atom. The minimum absolute atomic E-state index is 0.0370. The topological polar surface area (TPSA) is 99.0 Å². The highest BCUT2D eigenvalue weighted by Crippen LogP contribution is 2.28. The van der Waals surface area contributed by atoms with Crippen LogP contribution in [0, 0.1) is 15.9 Å². The molecule has 0 aliphatic carbocycles. The molecule has 0 bridgehead atoms. The maximum atomic E-state index is 13.2. The van der Waals surface area contributed by atoms with E-state index in [1.54, 1.807) is 13.0 Å². The first-order valence-corrected chi connectivity index (χ1v) is 8.38. The lowest BCUT2D eigenvalue weighted by Crippen LogP contribution is -2.30. The maximum Gasteiger partial charge on any atom is 0.338 e. The molecule has 8 nitrogen and oxygen atoms in total. The lowest BCUT2D eigenvalue weighted by atomic mass is 10.2. The first-order chi connectivity index (χ1) is 13.3. The van der Waals surface area contributed by atoms with Crippen molar-refractivity contribution in [3.63, 3.8) is 0 Å². The average Bonchev–Trinajstić information content (AvgIpc) is 2.66. The largest absolute Gasteiger partial charge is 0.487 e. The number of hydrogen-bond acceptors (Lipinski definition) is 6. The Labute approximate surface area is 160 Å². The van der Waals surface area contributed by atoms with Crippen molar-refractivity contribution in [1.82, 2.24) is 4.90 Å². The van der Waals surface area contributed by atoms with Crippen LogP contribution in [0.5, 0.6) is 5.75 Å². The maximum absolute atomic E-state index is 13.2. The Balaban J connectivity index is 1.98. The molecule has 0 spiro atoms. The summed E-state index contributed by atoms with van der Waals surface area (Å²) in [5.74, 6) is -1.76. The third kappa shape index (κ3) is 5.50. The van der Waals surface area contributed by atoms with Gasteiger partial charge in [0.25, 0.3) is 5.91 Å². The Morgan fingerprint density at radius 3 is 2.61 bits per heavy atom. The number of benzene rings is 2. The molecule has 28 heavy (non-hydrogen) atoms. The summed E-state index contributed by atoms with van der Waals surface area (Å²) in [6.45, 7) is 1.50. The predicted octanol–water partition coefficient (Wildman–Crippen LogP) is 2.95. The van der Waals surface area contributed by atoms with Crippen LogP contribution in [0.1, 0.15) is 22.8 Å². The van der Waals surface area contributed by atoms with Crippen molar-refractivity contribution in [2.45, 2.75) is 13.5 Å². The van der Waals surface area contributed by atoms with Crippen molar-refractivity contribution in [2.75, 3.05) is 20.3 Å². The zero-order valence-corrected chi connectivity index (χ0v) is 15.4. The Kier molecular flexibility index (Phi) is 7.02. The monoisotopic (exact) mass is 390 g/mol. The van der Waals surface area contributed by atoms with E-state index in [1.165, 1.54) is 42.3 Å². The number of rotatable bonds is 8. The number of nitrogens with zero attached hydrogens (tertiary/aromatic N) is 2. The van der Waals surface area contributed by atoms with E-state index in [9.17, 15) is 24.1 Å². The summed E-state index contributed by atoms with van der Waals surface area (Å²) in [5, 5.41) is 11.1. The van der Waals surface area contributed by atoms with Gasteiger partial charge in [0.1, 0.15) is 5.82 Å². The summed E-state index contributed by atoms with van der Waals surface area (Å²) in [5.41, 5.74) is 0.144. The summed E-state index contributed by atoms with van der Waals surface area (Å²) < 4.78 is 23.3. The number of carbonyl (C=O) groups excluding carboxylic acids is 2. The molecule has 148 valence electrons. The number of carbonyl (C=O) groups is 2. The van der Waals surface area contributed by atoms with Crippen molar-refractivity contribution in [3.8, 4) is 5.75 Å². The Bertz CT molecular complexity index is 886. The summed E-state index contributed by atoms with van der Waals surface area (Å²) in [6.07, 6.45) is 0. The molecule has 1 amide bonds. The standard InChI is InChI=1S/C19H19FN2O6/c1-3-27-17-8-7-14(10-16(17)22(25)26)19(24)28-12-18(23)21(2)11-13-5-4-6-15(20)9-13/h4-10H,3,11-12H2,1-2H3. The molecule has 0 fully saturated rings. The molecular formula is C19H19FN2O6. The van der Waals surface area contributed by atoms with Crippen LogP contribution in [0.3, 0.4) is 0 Å². The van der Waals surface area contributed by atoms with Gasteiger partial charge >= 0.3 is 11.7 Å². The fourth-order valence-corrected chi connectivity index (χ4v) is 2.38. The van der Waals surface area contributed by atoms with Crippen molar-refractivity contribution >= 4 is 17.6 Å². The van der Waals surface area contributed by atoms with Gasteiger partial charge in [0.2, 0.25) is 0 Å². The van der Waals surface area contributed by atoms with E-state index in [4.69, 9.17) is 9.47 Å². The molecule has 2 aromatic carbocycles. The van der Waals surface area contributed by atoms with Gasteiger partial charge in [0, 0.05) is 19.7 Å². The summed E-state index contributed by atoms with van der Waals surface area (Å²) >= 11 is 0. The van der Waals surface area contributed by atoms with Crippen molar-refractivity contribution < 1.29 is 28.4 Å². The number of nitro benzene ring substituents is 1. The lowest BCUT2D eigenvalue weighted by molar-refractivity contribution is -0.385. The van der Waals surface area contributed by atoms with Crippen LogP contribution in [-0.2, 0) is 16.1 Å². The van der Waals surface area contributed by atoms with Crippen LogP contribution in [-0.4, -0.2) is 42.0 Å². The van der Waals surface area contributed by atoms with E-state index >= 15 is 0 Å².